The van der Waals surface area contributed by atoms with Crippen molar-refractivity contribution in [1.82, 2.24) is 10.6 Å². The molecular weight excluding hydrogens is 374 g/mol. The van der Waals surface area contributed by atoms with Gasteiger partial charge >= 0.3 is 12.0 Å². The molecule has 0 bridgehead atoms. The zero-order valence-corrected chi connectivity index (χ0v) is 17.0. The van der Waals surface area contributed by atoms with E-state index in [0.29, 0.717) is 5.69 Å². The first-order valence-corrected chi connectivity index (χ1v) is 9.83. The molecule has 4 N–H and O–H groups in total. The van der Waals surface area contributed by atoms with Crippen molar-refractivity contribution >= 4 is 23.6 Å². The molecule has 1 aliphatic carbocycles. The summed E-state index contributed by atoms with van der Waals surface area (Å²) in [5.41, 5.74) is 0.753. The first kappa shape index (κ1) is 22.4. The third-order valence-electron chi connectivity index (χ3n) is 4.85. The minimum atomic E-state index is -1.07. The topological polar surface area (TPSA) is 117 Å². The number of carbonyl (C=O) groups excluding carboxylic acids is 2. The first-order valence-electron chi connectivity index (χ1n) is 9.83. The van der Waals surface area contributed by atoms with Crippen molar-refractivity contribution in [2.24, 2.45) is 0 Å². The third-order valence-corrected chi connectivity index (χ3v) is 4.85. The average Bonchev–Trinajstić information content (AvgIpc) is 2.68. The lowest BCUT2D eigenvalue weighted by molar-refractivity contribution is -0.133. The van der Waals surface area contributed by atoms with Crippen molar-refractivity contribution in [2.75, 3.05) is 5.32 Å². The number of urea groups is 1. The second-order valence-electron chi connectivity index (χ2n) is 7.04. The molecule has 0 saturated carbocycles. The number of carbonyl (C=O) groups is 3. The second kappa shape index (κ2) is 10.6. The molecule has 8 heteroatoms. The zero-order valence-electron chi connectivity index (χ0n) is 17.0. The second-order valence-corrected chi connectivity index (χ2v) is 7.04. The summed E-state index contributed by atoms with van der Waals surface area (Å²) in [6, 6.07) is 7.20. The lowest BCUT2D eigenvalue weighted by Gasteiger charge is -2.38. The summed E-state index contributed by atoms with van der Waals surface area (Å²) in [6.45, 7) is 5.34. The highest BCUT2D eigenvalue weighted by atomic mass is 16.5. The Morgan fingerprint density at radius 1 is 1.14 bits per heavy atom. The van der Waals surface area contributed by atoms with Gasteiger partial charge in [-0.1, -0.05) is 32.0 Å². The predicted octanol–water partition coefficient (Wildman–Crippen LogP) is 2.67. The molecule has 1 aromatic carbocycles. The number of para-hydroxylation sites is 1. The molecule has 0 aliphatic heterocycles. The Labute approximate surface area is 170 Å². The van der Waals surface area contributed by atoms with Crippen molar-refractivity contribution in [1.29, 1.82) is 0 Å². The minimum Gasteiger partial charge on any atom is -0.478 e. The van der Waals surface area contributed by atoms with Gasteiger partial charge in [0.05, 0.1) is 24.3 Å². The number of hydrogen-bond donors (Lipinski definition) is 4. The fraction of sp³-hybridized carbons (Fsp3) is 0.476. The van der Waals surface area contributed by atoms with E-state index in [2.05, 4.69) is 16.0 Å². The number of ether oxygens (including phenoxy) is 1. The number of carboxylic acid groups (broad SMARTS) is 1. The quantitative estimate of drug-likeness (QED) is 0.532. The van der Waals surface area contributed by atoms with E-state index in [9.17, 15) is 19.5 Å². The van der Waals surface area contributed by atoms with Crippen LogP contribution < -0.4 is 16.0 Å². The number of nitrogens with one attached hydrogen (secondary N) is 3. The van der Waals surface area contributed by atoms with Gasteiger partial charge in [-0.05, 0) is 31.1 Å². The maximum Gasteiger partial charge on any atom is 0.331 e. The van der Waals surface area contributed by atoms with Crippen LogP contribution in [0.2, 0.25) is 0 Å². The van der Waals surface area contributed by atoms with Gasteiger partial charge in [0.25, 0.3) is 0 Å². The van der Waals surface area contributed by atoms with E-state index in [1.54, 1.807) is 24.3 Å². The van der Waals surface area contributed by atoms with E-state index >= 15 is 0 Å². The Morgan fingerprint density at radius 2 is 1.79 bits per heavy atom. The maximum atomic E-state index is 12.5. The van der Waals surface area contributed by atoms with Gasteiger partial charge in [-0.2, -0.15) is 0 Å². The fourth-order valence-electron chi connectivity index (χ4n) is 3.36. The third kappa shape index (κ3) is 6.60. The summed E-state index contributed by atoms with van der Waals surface area (Å²) in [4.78, 5) is 35.9. The molecule has 0 unspecified atom stereocenters. The standard InChI is InChI=1S/C21H29N3O5/c1-4-16(5-2)29-18-12-14(20(26)27)11-17(19(18)22-13(3)25)24-21(28)23-15-9-7-6-8-10-15/h6-10,12,16-19H,4-5,11H2,1-3H3,(H,22,25)(H,26,27)(H2,23,24,28)/t17-,18+,19+/m0/s1. The van der Waals surface area contributed by atoms with Crippen LogP contribution in [0.25, 0.3) is 0 Å². The van der Waals surface area contributed by atoms with E-state index in [1.165, 1.54) is 13.0 Å². The number of benzene rings is 1. The van der Waals surface area contributed by atoms with Crippen LogP contribution in [-0.4, -0.2) is 47.3 Å². The van der Waals surface area contributed by atoms with Crippen LogP contribution in [0, 0.1) is 0 Å². The van der Waals surface area contributed by atoms with E-state index in [-0.39, 0.29) is 24.0 Å². The Morgan fingerprint density at radius 3 is 2.34 bits per heavy atom. The van der Waals surface area contributed by atoms with Crippen LogP contribution in [-0.2, 0) is 14.3 Å². The molecule has 29 heavy (non-hydrogen) atoms. The molecule has 0 radical (unpaired) electrons. The number of hydrogen-bond acceptors (Lipinski definition) is 4. The lowest BCUT2D eigenvalue weighted by atomic mass is 9.87. The summed E-state index contributed by atoms with van der Waals surface area (Å²) in [7, 11) is 0. The van der Waals surface area contributed by atoms with Crippen molar-refractivity contribution in [3.05, 3.63) is 42.0 Å². The van der Waals surface area contributed by atoms with Gasteiger partial charge in [0.1, 0.15) is 0 Å². The van der Waals surface area contributed by atoms with Crippen LogP contribution in [0.3, 0.4) is 0 Å². The number of aliphatic carboxylic acids is 1. The molecule has 3 amide bonds. The molecule has 0 aromatic heterocycles. The molecule has 1 aliphatic rings. The van der Waals surface area contributed by atoms with E-state index in [0.717, 1.165) is 12.8 Å². The molecular formula is C21H29N3O5. The zero-order chi connectivity index (χ0) is 21.4. The number of anilines is 1. The predicted molar refractivity (Wildman–Crippen MR) is 110 cm³/mol. The minimum absolute atomic E-state index is 0.0747. The van der Waals surface area contributed by atoms with Gasteiger partial charge < -0.3 is 25.8 Å². The maximum absolute atomic E-state index is 12.5. The summed E-state index contributed by atoms with van der Waals surface area (Å²) in [5.74, 6) is -1.35. The number of carboxylic acids is 1. The van der Waals surface area contributed by atoms with Crippen LogP contribution in [0.5, 0.6) is 0 Å². The number of rotatable bonds is 8. The van der Waals surface area contributed by atoms with Crippen molar-refractivity contribution in [3.8, 4) is 0 Å². The van der Waals surface area contributed by atoms with Crippen molar-refractivity contribution < 1.29 is 24.2 Å². The van der Waals surface area contributed by atoms with Crippen LogP contribution >= 0.6 is 0 Å². The SMILES string of the molecule is CCC(CC)O[C@@H]1C=C(C(=O)O)C[C@H](NC(=O)Nc2ccccc2)[C@H]1NC(C)=O. The lowest BCUT2D eigenvalue weighted by Crippen LogP contribution is -2.60. The molecule has 8 nitrogen and oxygen atoms in total. The molecule has 3 atom stereocenters. The van der Waals surface area contributed by atoms with Gasteiger partial charge in [0, 0.05) is 24.6 Å². The Kier molecular flexibility index (Phi) is 8.21. The van der Waals surface area contributed by atoms with Crippen LogP contribution in [0.1, 0.15) is 40.0 Å². The highest BCUT2D eigenvalue weighted by Crippen LogP contribution is 2.24. The Bertz CT molecular complexity index is 746. The molecule has 0 fully saturated rings. The molecule has 0 spiro atoms. The largest absolute Gasteiger partial charge is 0.478 e. The van der Waals surface area contributed by atoms with E-state index in [4.69, 9.17) is 4.74 Å². The summed E-state index contributed by atoms with van der Waals surface area (Å²) < 4.78 is 6.09. The van der Waals surface area contributed by atoms with Crippen LogP contribution in [0.4, 0.5) is 10.5 Å². The Balaban J connectivity index is 2.24. The van der Waals surface area contributed by atoms with Gasteiger partial charge in [0.2, 0.25) is 5.91 Å². The monoisotopic (exact) mass is 403 g/mol. The van der Waals surface area contributed by atoms with Crippen molar-refractivity contribution in [2.45, 2.75) is 64.3 Å². The summed E-state index contributed by atoms with van der Waals surface area (Å²) >= 11 is 0. The summed E-state index contributed by atoms with van der Waals surface area (Å²) in [6.07, 6.45) is 2.37. The molecule has 158 valence electrons. The first-order chi connectivity index (χ1) is 13.8. The molecule has 1 aromatic rings. The fourth-order valence-corrected chi connectivity index (χ4v) is 3.36. The number of amides is 3. The van der Waals surface area contributed by atoms with Gasteiger partial charge in [-0.25, -0.2) is 9.59 Å². The smallest absolute Gasteiger partial charge is 0.331 e. The van der Waals surface area contributed by atoms with Gasteiger partial charge in [0.15, 0.2) is 0 Å². The Hall–Kier alpha value is -2.87. The highest BCUT2D eigenvalue weighted by Gasteiger charge is 2.38. The van der Waals surface area contributed by atoms with E-state index < -0.39 is 30.2 Å². The molecule has 0 heterocycles. The van der Waals surface area contributed by atoms with Gasteiger partial charge in [-0.15, -0.1) is 0 Å². The average molecular weight is 403 g/mol. The molecule has 0 saturated heterocycles. The van der Waals surface area contributed by atoms with Gasteiger partial charge in [-0.3, -0.25) is 4.79 Å². The highest BCUT2D eigenvalue weighted by molar-refractivity contribution is 5.90. The normalized spacial score (nSPS) is 21.2. The van der Waals surface area contributed by atoms with Crippen molar-refractivity contribution in [3.63, 3.8) is 0 Å². The van der Waals surface area contributed by atoms with E-state index in [1.807, 2.05) is 19.9 Å². The molecule has 2 rings (SSSR count). The van der Waals surface area contributed by atoms with Crippen LogP contribution in [0.15, 0.2) is 42.0 Å². The summed E-state index contributed by atoms with van der Waals surface area (Å²) in [5, 5.41) is 17.9.